The molecule has 0 fully saturated rings. The van der Waals surface area contributed by atoms with Gasteiger partial charge in [-0.2, -0.15) is 0 Å². The summed E-state index contributed by atoms with van der Waals surface area (Å²) in [4.78, 5) is 13.7. The SMILES string of the molecule is C1=NC(c2nnc(-c3ccc(-n4c5ccccc5c5ccccc54)cn3)n2-c2ccncc2)=CCCC1. The third kappa shape index (κ3) is 3.63. The van der Waals surface area contributed by atoms with E-state index in [9.17, 15) is 0 Å². The van der Waals surface area contributed by atoms with Crippen LogP contribution in [-0.2, 0) is 0 Å². The largest absolute Gasteiger partial charge is 0.308 e. The second-order valence-corrected chi connectivity index (χ2v) is 8.99. The second kappa shape index (κ2) is 8.95. The normalized spacial score (nSPS) is 13.7. The molecule has 178 valence electrons. The summed E-state index contributed by atoms with van der Waals surface area (Å²) in [6.45, 7) is 0. The number of fused-ring (bicyclic) bond motifs is 3. The first-order valence-electron chi connectivity index (χ1n) is 12.4. The van der Waals surface area contributed by atoms with Crippen molar-refractivity contribution in [3.05, 3.63) is 103 Å². The van der Waals surface area contributed by atoms with E-state index in [0.717, 1.165) is 53.1 Å². The molecular weight excluding hydrogens is 458 g/mol. The summed E-state index contributed by atoms with van der Waals surface area (Å²) in [5, 5.41) is 11.6. The standard InChI is InChI=1S/C30H23N7/c1-2-10-25(32-17-7-1)29-34-35-30(37(29)21-15-18-31-19-16-21)26-14-13-22(20-33-26)36-27-11-5-3-8-23(27)24-9-4-6-12-28(24)36/h3-6,8-20H,1-2,7H2. The van der Waals surface area contributed by atoms with E-state index in [1.807, 2.05) is 35.2 Å². The van der Waals surface area contributed by atoms with Crippen molar-refractivity contribution >= 4 is 33.7 Å². The van der Waals surface area contributed by atoms with E-state index >= 15 is 0 Å². The van der Waals surface area contributed by atoms with E-state index in [2.05, 4.69) is 85.4 Å². The lowest BCUT2D eigenvalue weighted by Crippen LogP contribution is -2.04. The Balaban J connectivity index is 1.37. The van der Waals surface area contributed by atoms with Gasteiger partial charge < -0.3 is 4.57 Å². The maximum Gasteiger partial charge on any atom is 0.187 e. The van der Waals surface area contributed by atoms with Crippen LogP contribution in [0.15, 0.2) is 102 Å². The van der Waals surface area contributed by atoms with E-state index in [1.165, 1.54) is 10.8 Å². The summed E-state index contributed by atoms with van der Waals surface area (Å²) >= 11 is 0. The Morgan fingerprint density at radius 3 is 2.11 bits per heavy atom. The first-order chi connectivity index (χ1) is 18.4. The minimum Gasteiger partial charge on any atom is -0.308 e. The molecule has 37 heavy (non-hydrogen) atoms. The molecule has 7 rings (SSSR count). The molecule has 0 spiro atoms. The number of aliphatic imine (C=N–C) groups is 1. The number of benzene rings is 2. The van der Waals surface area contributed by atoms with Crippen molar-refractivity contribution in [1.29, 1.82) is 0 Å². The molecule has 2 aromatic carbocycles. The highest BCUT2D eigenvalue weighted by atomic mass is 15.3. The fourth-order valence-corrected chi connectivity index (χ4v) is 5.02. The topological polar surface area (TPSA) is 73.8 Å². The molecule has 0 atom stereocenters. The summed E-state index contributed by atoms with van der Waals surface area (Å²) < 4.78 is 4.27. The van der Waals surface area contributed by atoms with Gasteiger partial charge in [-0.15, -0.1) is 10.2 Å². The predicted molar refractivity (Wildman–Crippen MR) is 147 cm³/mol. The molecule has 0 saturated heterocycles. The first-order valence-corrected chi connectivity index (χ1v) is 12.4. The quantitative estimate of drug-likeness (QED) is 0.291. The van der Waals surface area contributed by atoms with Gasteiger partial charge in [0, 0.05) is 29.4 Å². The first kappa shape index (κ1) is 21.4. The van der Waals surface area contributed by atoms with E-state index in [4.69, 9.17) is 4.98 Å². The van der Waals surface area contributed by atoms with Crippen molar-refractivity contribution < 1.29 is 0 Å². The molecule has 7 nitrogen and oxygen atoms in total. The highest BCUT2D eigenvalue weighted by Gasteiger charge is 2.20. The van der Waals surface area contributed by atoms with Crippen LogP contribution in [0.1, 0.15) is 25.1 Å². The molecule has 6 aromatic rings. The molecular formula is C30H23N7. The van der Waals surface area contributed by atoms with Gasteiger partial charge in [0.1, 0.15) is 11.4 Å². The fraction of sp³-hybridized carbons (Fsp3) is 0.100. The van der Waals surface area contributed by atoms with Gasteiger partial charge in [-0.05, 0) is 55.7 Å². The molecule has 4 aromatic heterocycles. The van der Waals surface area contributed by atoms with Crippen molar-refractivity contribution in [3.63, 3.8) is 0 Å². The van der Waals surface area contributed by atoms with Crippen LogP contribution in [-0.4, -0.2) is 35.5 Å². The number of rotatable bonds is 4. The summed E-state index contributed by atoms with van der Waals surface area (Å²) in [7, 11) is 0. The summed E-state index contributed by atoms with van der Waals surface area (Å²) in [5.41, 5.74) is 5.77. The molecule has 0 saturated carbocycles. The average Bonchev–Trinajstić information content (AvgIpc) is 3.43. The Labute approximate surface area is 213 Å². The van der Waals surface area contributed by atoms with E-state index < -0.39 is 0 Å². The van der Waals surface area contributed by atoms with E-state index in [1.54, 1.807) is 12.4 Å². The fourth-order valence-electron chi connectivity index (χ4n) is 5.02. The molecule has 1 aliphatic rings. The number of aromatic nitrogens is 6. The van der Waals surface area contributed by atoms with Crippen molar-refractivity contribution in [1.82, 2.24) is 29.3 Å². The smallest absolute Gasteiger partial charge is 0.187 e. The van der Waals surface area contributed by atoms with Crippen LogP contribution < -0.4 is 0 Å². The molecule has 7 heteroatoms. The molecule has 0 aliphatic carbocycles. The Hall–Kier alpha value is -4.91. The predicted octanol–water partition coefficient (Wildman–Crippen LogP) is 6.42. The van der Waals surface area contributed by atoms with E-state index in [-0.39, 0.29) is 0 Å². The summed E-state index contributed by atoms with van der Waals surface area (Å²) in [6, 6.07) is 24.9. The molecule has 1 aliphatic heterocycles. The zero-order chi connectivity index (χ0) is 24.6. The van der Waals surface area contributed by atoms with Crippen LogP contribution in [0, 0.1) is 0 Å². The van der Waals surface area contributed by atoms with Crippen LogP contribution >= 0.6 is 0 Å². The average molecular weight is 482 g/mol. The van der Waals surface area contributed by atoms with Gasteiger partial charge in [0.05, 0.1) is 28.6 Å². The molecule has 0 unspecified atom stereocenters. The highest BCUT2D eigenvalue weighted by Crippen LogP contribution is 2.32. The van der Waals surface area contributed by atoms with Crippen molar-refractivity contribution in [2.24, 2.45) is 4.99 Å². The minimum absolute atomic E-state index is 0.662. The van der Waals surface area contributed by atoms with Gasteiger partial charge in [-0.1, -0.05) is 42.5 Å². The van der Waals surface area contributed by atoms with E-state index in [0.29, 0.717) is 11.6 Å². The van der Waals surface area contributed by atoms with Crippen LogP contribution in [0.5, 0.6) is 0 Å². The lowest BCUT2D eigenvalue weighted by atomic mass is 10.2. The summed E-state index contributed by atoms with van der Waals surface area (Å²) in [6.07, 6.45) is 12.5. The minimum atomic E-state index is 0.662. The monoisotopic (exact) mass is 481 g/mol. The van der Waals surface area contributed by atoms with Crippen LogP contribution in [0.4, 0.5) is 0 Å². The highest BCUT2D eigenvalue weighted by molar-refractivity contribution is 6.09. The third-order valence-electron chi connectivity index (χ3n) is 6.73. The third-order valence-corrected chi connectivity index (χ3v) is 6.73. The summed E-state index contributed by atoms with van der Waals surface area (Å²) in [5.74, 6) is 1.36. The Bertz CT molecular complexity index is 1740. The Kier molecular flexibility index (Phi) is 5.17. The van der Waals surface area contributed by atoms with Crippen molar-refractivity contribution in [3.8, 4) is 22.9 Å². The number of pyridine rings is 2. The van der Waals surface area contributed by atoms with Gasteiger partial charge in [-0.25, -0.2) is 0 Å². The molecule has 0 bridgehead atoms. The molecule has 0 N–H and O–H groups in total. The van der Waals surface area contributed by atoms with Crippen LogP contribution in [0.25, 0.3) is 50.4 Å². The van der Waals surface area contributed by atoms with Gasteiger partial charge in [-0.3, -0.25) is 19.5 Å². The van der Waals surface area contributed by atoms with Gasteiger partial charge in [0.25, 0.3) is 0 Å². The zero-order valence-corrected chi connectivity index (χ0v) is 20.1. The number of allylic oxidation sites excluding steroid dienone is 1. The lowest BCUT2D eigenvalue weighted by Gasteiger charge is -2.11. The molecule has 5 heterocycles. The maximum atomic E-state index is 4.86. The van der Waals surface area contributed by atoms with Crippen molar-refractivity contribution in [2.45, 2.75) is 19.3 Å². The number of hydrogen-bond donors (Lipinski definition) is 0. The number of nitrogens with zero attached hydrogens (tertiary/aromatic N) is 7. The van der Waals surface area contributed by atoms with Gasteiger partial charge >= 0.3 is 0 Å². The maximum absolute atomic E-state index is 4.86. The van der Waals surface area contributed by atoms with Crippen molar-refractivity contribution in [2.75, 3.05) is 0 Å². The number of hydrogen-bond acceptors (Lipinski definition) is 5. The van der Waals surface area contributed by atoms with Gasteiger partial charge in [0.2, 0.25) is 0 Å². The Morgan fingerprint density at radius 1 is 0.649 bits per heavy atom. The zero-order valence-electron chi connectivity index (χ0n) is 20.1. The van der Waals surface area contributed by atoms with Crippen LogP contribution in [0.2, 0.25) is 0 Å². The molecule has 0 amide bonds. The second-order valence-electron chi connectivity index (χ2n) is 8.99. The Morgan fingerprint density at radius 2 is 1.38 bits per heavy atom. The van der Waals surface area contributed by atoms with Gasteiger partial charge in [0.15, 0.2) is 11.6 Å². The van der Waals surface area contributed by atoms with Crippen LogP contribution in [0.3, 0.4) is 0 Å². The number of para-hydroxylation sites is 2. The lowest BCUT2D eigenvalue weighted by molar-refractivity contribution is 0.910. The molecule has 0 radical (unpaired) electrons.